The number of nitrogens with zero attached hydrogens (tertiary/aromatic N) is 2. The molecule has 5 rings (SSSR count). The van der Waals surface area contributed by atoms with E-state index in [2.05, 4.69) is 0 Å². The first kappa shape index (κ1) is 22.0. The highest BCUT2D eigenvalue weighted by Gasteiger charge is 2.56. The number of fused-ring (bicyclic) bond motifs is 1. The zero-order valence-electron chi connectivity index (χ0n) is 18.7. The van der Waals surface area contributed by atoms with Crippen LogP contribution in [-0.2, 0) is 25.7 Å². The van der Waals surface area contributed by atoms with Gasteiger partial charge in [-0.1, -0.05) is 6.07 Å². The number of likely N-dealkylation sites (tertiary alicyclic amines) is 2. The van der Waals surface area contributed by atoms with Crippen LogP contribution in [0.4, 0.5) is 4.39 Å². The topological polar surface area (TPSA) is 96.4 Å². The number of aliphatic hydroxyl groups excluding tert-OH is 1. The van der Waals surface area contributed by atoms with Gasteiger partial charge >= 0.3 is 11.9 Å². The zero-order valence-corrected chi connectivity index (χ0v) is 18.7. The fourth-order valence-corrected chi connectivity index (χ4v) is 5.56. The molecule has 1 amide bonds. The lowest BCUT2D eigenvalue weighted by molar-refractivity contribution is -0.142. The van der Waals surface area contributed by atoms with Gasteiger partial charge < -0.3 is 19.5 Å². The number of alkyl halides is 1. The van der Waals surface area contributed by atoms with E-state index < -0.39 is 23.7 Å². The van der Waals surface area contributed by atoms with Crippen LogP contribution in [0, 0.1) is 12.3 Å². The molecular weight excluding hydrogens is 431 g/mol. The van der Waals surface area contributed by atoms with E-state index in [1.165, 1.54) is 4.90 Å². The van der Waals surface area contributed by atoms with E-state index in [0.29, 0.717) is 48.3 Å². The Morgan fingerprint density at radius 2 is 1.85 bits per heavy atom. The van der Waals surface area contributed by atoms with Crippen molar-refractivity contribution in [2.45, 2.75) is 45.6 Å². The molecule has 2 unspecified atom stereocenters. The predicted octanol–water partition coefficient (Wildman–Crippen LogP) is 1.79. The highest BCUT2D eigenvalue weighted by molar-refractivity contribution is 5.95. The molecule has 4 heterocycles. The first-order chi connectivity index (χ1) is 15.7. The van der Waals surface area contributed by atoms with Gasteiger partial charge in [-0.05, 0) is 50.4 Å². The Bertz CT molecular complexity index is 1080. The third-order valence-electron chi connectivity index (χ3n) is 7.75. The Morgan fingerprint density at radius 3 is 2.55 bits per heavy atom. The number of halogens is 1. The maximum Gasteiger partial charge on any atom is 0.338 e. The van der Waals surface area contributed by atoms with Crippen molar-refractivity contribution in [3.05, 3.63) is 45.7 Å². The third kappa shape index (κ3) is 3.36. The Hall–Kier alpha value is -2.78. The van der Waals surface area contributed by atoms with E-state index in [9.17, 15) is 19.5 Å². The minimum atomic E-state index is -1.37. The molecule has 2 fully saturated rings. The highest BCUT2D eigenvalue weighted by Crippen LogP contribution is 2.45. The molecule has 0 bridgehead atoms. The normalized spacial score (nSPS) is 28.5. The van der Waals surface area contributed by atoms with E-state index in [-0.39, 0.29) is 38.2 Å². The van der Waals surface area contributed by atoms with E-state index in [4.69, 9.17) is 9.47 Å². The summed E-state index contributed by atoms with van der Waals surface area (Å²) < 4.78 is 25.6. The minimum Gasteiger partial charge on any atom is -0.457 e. The van der Waals surface area contributed by atoms with E-state index >= 15 is 4.39 Å². The van der Waals surface area contributed by atoms with Crippen LogP contribution in [0.5, 0.6) is 0 Å². The average molecular weight is 458 g/mol. The zero-order chi connectivity index (χ0) is 23.5. The summed E-state index contributed by atoms with van der Waals surface area (Å²) >= 11 is 0. The number of amides is 1. The molecule has 33 heavy (non-hydrogen) atoms. The summed E-state index contributed by atoms with van der Waals surface area (Å²) in [5.74, 6) is -1.07. The molecule has 176 valence electrons. The van der Waals surface area contributed by atoms with Crippen LogP contribution in [0.1, 0.15) is 52.9 Å². The monoisotopic (exact) mass is 458 g/mol. The van der Waals surface area contributed by atoms with Crippen LogP contribution in [0.3, 0.4) is 0 Å². The quantitative estimate of drug-likeness (QED) is 0.688. The first-order valence-corrected chi connectivity index (χ1v) is 11.3. The van der Waals surface area contributed by atoms with Gasteiger partial charge in [-0.25, -0.2) is 14.0 Å². The molecule has 1 N–H and O–H groups in total. The van der Waals surface area contributed by atoms with Gasteiger partial charge in [0, 0.05) is 25.2 Å². The molecule has 1 aromatic rings. The van der Waals surface area contributed by atoms with Crippen molar-refractivity contribution in [1.29, 1.82) is 0 Å². The molecule has 8 nitrogen and oxygen atoms in total. The van der Waals surface area contributed by atoms with Gasteiger partial charge in [0.2, 0.25) is 5.91 Å². The number of esters is 2. The van der Waals surface area contributed by atoms with E-state index in [1.54, 1.807) is 19.1 Å². The average Bonchev–Trinajstić information content (AvgIpc) is 3.43. The number of benzene rings is 1. The molecule has 0 aromatic heterocycles. The lowest BCUT2D eigenvalue weighted by atomic mass is 9.75. The maximum atomic E-state index is 15.5. The highest BCUT2D eigenvalue weighted by atomic mass is 19.1. The number of hydrogen-bond acceptors (Lipinski definition) is 7. The molecule has 1 spiro atoms. The minimum absolute atomic E-state index is 0.0513. The first-order valence-electron chi connectivity index (χ1n) is 11.3. The molecule has 0 aliphatic carbocycles. The van der Waals surface area contributed by atoms with Crippen molar-refractivity contribution < 1.29 is 33.4 Å². The Morgan fingerprint density at radius 1 is 1.12 bits per heavy atom. The number of cyclic esters (lactones) is 2. The fraction of sp³-hybridized carbons (Fsp3) is 0.542. The number of β-amino-alcohol motifs (C(OH)–C–C–N with tert-alkyl or cyclic N) is 1. The molecule has 2 saturated heterocycles. The van der Waals surface area contributed by atoms with Crippen molar-refractivity contribution in [2.75, 3.05) is 32.8 Å². The molecule has 0 radical (unpaired) electrons. The number of hydrogen-bond donors (Lipinski definition) is 1. The number of aliphatic hydroxyl groups is 1. The van der Waals surface area contributed by atoms with Gasteiger partial charge in [-0.3, -0.25) is 9.69 Å². The molecule has 4 aliphatic rings. The summed E-state index contributed by atoms with van der Waals surface area (Å²) in [7, 11) is 0. The summed E-state index contributed by atoms with van der Waals surface area (Å²) in [6.45, 7) is 4.87. The summed E-state index contributed by atoms with van der Waals surface area (Å²) in [5, 5.41) is 10.9. The second-order valence-corrected chi connectivity index (χ2v) is 9.39. The van der Waals surface area contributed by atoms with Crippen molar-refractivity contribution >= 4 is 17.8 Å². The van der Waals surface area contributed by atoms with Gasteiger partial charge in [0.1, 0.15) is 19.4 Å². The summed E-state index contributed by atoms with van der Waals surface area (Å²) in [6, 6.07) is 3.39. The van der Waals surface area contributed by atoms with Gasteiger partial charge in [0.05, 0.1) is 28.4 Å². The van der Waals surface area contributed by atoms with Gasteiger partial charge in [0.25, 0.3) is 0 Å². The number of piperidine rings is 1. The Labute approximate surface area is 190 Å². The van der Waals surface area contributed by atoms with Crippen molar-refractivity contribution in [3.63, 3.8) is 0 Å². The van der Waals surface area contributed by atoms with Crippen LogP contribution in [-0.4, -0.2) is 71.7 Å². The van der Waals surface area contributed by atoms with Crippen LogP contribution in [0.25, 0.3) is 0 Å². The smallest absolute Gasteiger partial charge is 0.338 e. The number of rotatable bonds is 4. The lowest BCUT2D eigenvalue weighted by Gasteiger charge is -2.41. The molecule has 0 saturated carbocycles. The SMILES string of the molecule is CC1=C(N2CCC3(CCN(C[C@H](O)c4ccc5c(c4C)COC5=O)CC3F)C2=O)COC1=O. The van der Waals surface area contributed by atoms with Crippen LogP contribution in [0.15, 0.2) is 23.4 Å². The summed E-state index contributed by atoms with van der Waals surface area (Å²) in [6.07, 6.45) is -1.48. The second-order valence-electron chi connectivity index (χ2n) is 9.39. The molecular formula is C24H27FN2O6. The predicted molar refractivity (Wildman–Crippen MR) is 114 cm³/mol. The van der Waals surface area contributed by atoms with Crippen LogP contribution < -0.4 is 0 Å². The van der Waals surface area contributed by atoms with Gasteiger partial charge in [0.15, 0.2) is 0 Å². The summed E-state index contributed by atoms with van der Waals surface area (Å²) in [5.41, 5.74) is 2.68. The molecule has 1 aromatic carbocycles. The molecule has 4 aliphatic heterocycles. The van der Waals surface area contributed by atoms with Crippen molar-refractivity contribution in [2.24, 2.45) is 5.41 Å². The Balaban J connectivity index is 1.27. The maximum absolute atomic E-state index is 15.5. The van der Waals surface area contributed by atoms with Gasteiger partial charge in [-0.15, -0.1) is 0 Å². The number of carbonyl (C=O) groups excluding carboxylic acids is 3. The third-order valence-corrected chi connectivity index (χ3v) is 7.75. The van der Waals surface area contributed by atoms with Crippen LogP contribution >= 0.6 is 0 Å². The molecule has 9 heteroatoms. The standard InChI is InChI=1S/C24H27FN2O6/c1-13-15(3-4-16-17(13)11-32-22(16)30)19(28)9-26-7-5-24(20(25)10-26)6-8-27(23(24)31)18-12-33-21(29)14(18)2/h3-4,19-20,28H,5-12H2,1-2H3/t19-,20?,24?/m0/s1. The fourth-order valence-electron chi connectivity index (χ4n) is 5.56. The Kier molecular flexibility index (Phi) is 5.29. The van der Waals surface area contributed by atoms with Gasteiger partial charge in [-0.2, -0.15) is 0 Å². The van der Waals surface area contributed by atoms with E-state index in [0.717, 1.165) is 11.1 Å². The number of ether oxygens (including phenoxy) is 2. The molecule has 3 atom stereocenters. The second kappa shape index (κ2) is 7.92. The van der Waals surface area contributed by atoms with Crippen molar-refractivity contribution in [3.8, 4) is 0 Å². The number of carbonyl (C=O) groups is 3. The van der Waals surface area contributed by atoms with E-state index in [1.807, 2.05) is 11.8 Å². The largest absolute Gasteiger partial charge is 0.457 e. The van der Waals surface area contributed by atoms with Crippen LogP contribution in [0.2, 0.25) is 0 Å². The lowest BCUT2D eigenvalue weighted by Crippen LogP contribution is -2.53. The summed E-state index contributed by atoms with van der Waals surface area (Å²) in [4.78, 5) is 40.1. The van der Waals surface area contributed by atoms with Crippen molar-refractivity contribution in [1.82, 2.24) is 9.80 Å².